The van der Waals surface area contributed by atoms with Crippen molar-refractivity contribution >= 4 is 55.4 Å². The standard InChI is InChI=1S/C25H34ClFN7O2PS/c26-18-12-17(13-30-14-18)19-20(21(28)32-22(31-19)37-33-23(35)36-29)34(38-25(27)6-2-1-3-7-25)15-16-4-8-24(9-5-16)10-11-24/h12-14,16,37H,1-11,15,29H2,(H,33,35)(H2,28,31,32). The Bertz CT molecular complexity index is 1160. The van der Waals surface area contributed by atoms with Crippen LogP contribution in [0, 0.1) is 11.3 Å². The summed E-state index contributed by atoms with van der Waals surface area (Å²) in [6, 6.07) is 1.75. The van der Waals surface area contributed by atoms with Crippen molar-refractivity contribution in [1.29, 1.82) is 0 Å². The van der Waals surface area contributed by atoms with Crippen LogP contribution in [-0.4, -0.2) is 32.6 Å². The second-order valence-electron chi connectivity index (χ2n) is 10.7. The minimum absolute atomic E-state index is 0.210. The molecule has 1 amide bonds. The summed E-state index contributed by atoms with van der Waals surface area (Å²) < 4.78 is 18.2. The first-order valence-electron chi connectivity index (χ1n) is 13.1. The molecule has 38 heavy (non-hydrogen) atoms. The number of halogens is 2. The molecule has 0 aromatic carbocycles. The smallest absolute Gasteiger partial charge is 0.382 e. The van der Waals surface area contributed by atoms with E-state index in [2.05, 4.69) is 19.9 Å². The minimum Gasteiger partial charge on any atom is -0.382 e. The number of carbonyl (C=O) groups excluding carboxylic acids is 1. The molecule has 2 aromatic rings. The molecule has 5 N–H and O–H groups in total. The number of nitrogens with two attached hydrogens (primary N) is 2. The fourth-order valence-corrected chi connectivity index (χ4v) is 7.79. The number of nitrogen functional groups attached to an aromatic ring is 1. The van der Waals surface area contributed by atoms with Crippen molar-refractivity contribution in [3.05, 3.63) is 23.5 Å². The molecule has 2 heterocycles. The fourth-order valence-electron chi connectivity index (χ4n) is 5.58. The van der Waals surface area contributed by atoms with Gasteiger partial charge < -0.3 is 14.9 Å². The highest BCUT2D eigenvalue weighted by Crippen LogP contribution is 2.57. The van der Waals surface area contributed by atoms with Crippen LogP contribution in [0.4, 0.5) is 20.7 Å². The molecule has 3 aliphatic carbocycles. The van der Waals surface area contributed by atoms with E-state index in [0.29, 0.717) is 52.7 Å². The van der Waals surface area contributed by atoms with Crippen molar-refractivity contribution in [2.75, 3.05) is 16.6 Å². The van der Waals surface area contributed by atoms with Crippen molar-refractivity contribution in [2.45, 2.75) is 75.6 Å². The van der Waals surface area contributed by atoms with Crippen LogP contribution in [0.1, 0.15) is 70.6 Å². The maximum Gasteiger partial charge on any atom is 0.429 e. The Kier molecular flexibility index (Phi) is 8.48. The van der Waals surface area contributed by atoms with Crippen molar-refractivity contribution in [1.82, 2.24) is 20.0 Å². The maximum atomic E-state index is 16.2. The van der Waals surface area contributed by atoms with Crippen LogP contribution in [-0.2, 0) is 4.84 Å². The van der Waals surface area contributed by atoms with Gasteiger partial charge in [0.2, 0.25) is 0 Å². The van der Waals surface area contributed by atoms with Crippen LogP contribution in [0.25, 0.3) is 11.3 Å². The van der Waals surface area contributed by atoms with Gasteiger partial charge >= 0.3 is 6.09 Å². The largest absolute Gasteiger partial charge is 0.429 e. The van der Waals surface area contributed by atoms with Crippen LogP contribution in [0.5, 0.6) is 0 Å². The molecule has 0 saturated heterocycles. The lowest BCUT2D eigenvalue weighted by Gasteiger charge is -2.38. The van der Waals surface area contributed by atoms with Crippen LogP contribution < -0.4 is 26.6 Å². The molecule has 0 bridgehead atoms. The molecular formula is C25H34ClFN7O2PS. The zero-order valence-corrected chi connectivity index (χ0v) is 23.8. The number of aromatic nitrogens is 3. The summed E-state index contributed by atoms with van der Waals surface area (Å²) in [6.07, 6.45) is 13.6. The summed E-state index contributed by atoms with van der Waals surface area (Å²) in [5, 5.41) is 1.56. The number of hydrogen-bond acceptors (Lipinski definition) is 9. The van der Waals surface area contributed by atoms with E-state index in [4.69, 9.17) is 28.2 Å². The first kappa shape index (κ1) is 27.6. The highest BCUT2D eigenvalue weighted by Gasteiger charge is 2.45. The lowest BCUT2D eigenvalue weighted by atomic mass is 9.80. The second-order valence-corrected chi connectivity index (χ2v) is 13.5. The van der Waals surface area contributed by atoms with Crippen molar-refractivity contribution in [2.24, 2.45) is 17.2 Å². The van der Waals surface area contributed by atoms with E-state index < -0.39 is 11.1 Å². The molecule has 5 rings (SSSR count). The normalized spacial score (nSPS) is 20.5. The number of alkyl halides is 1. The zero-order chi connectivity index (χ0) is 26.8. The fraction of sp³-hybridized carbons (Fsp3) is 0.600. The molecule has 1 atom stereocenters. The molecule has 3 fully saturated rings. The molecule has 0 aliphatic heterocycles. The van der Waals surface area contributed by atoms with Gasteiger partial charge in [0, 0.05) is 24.5 Å². The Labute approximate surface area is 233 Å². The first-order valence-corrected chi connectivity index (χ1v) is 15.3. The van der Waals surface area contributed by atoms with Gasteiger partial charge in [-0.05, 0) is 93.6 Å². The molecule has 9 nitrogen and oxygen atoms in total. The summed E-state index contributed by atoms with van der Waals surface area (Å²) in [7, 11) is -0.338. The van der Waals surface area contributed by atoms with Crippen molar-refractivity contribution in [3.63, 3.8) is 0 Å². The molecule has 1 unspecified atom stereocenters. The van der Waals surface area contributed by atoms with Gasteiger partial charge in [-0.2, -0.15) is 5.90 Å². The van der Waals surface area contributed by atoms with Gasteiger partial charge in [0.15, 0.2) is 16.4 Å². The number of nitrogens with zero attached hydrogens (tertiary/aromatic N) is 4. The van der Waals surface area contributed by atoms with Crippen molar-refractivity contribution < 1.29 is 14.0 Å². The van der Waals surface area contributed by atoms with E-state index in [-0.39, 0.29) is 20.1 Å². The summed E-state index contributed by atoms with van der Waals surface area (Å²) >= 11 is 7.53. The molecule has 0 radical (unpaired) electrons. The van der Waals surface area contributed by atoms with Gasteiger partial charge in [0.05, 0.1) is 13.8 Å². The summed E-state index contributed by atoms with van der Waals surface area (Å²) in [5.74, 6) is 5.57. The van der Waals surface area contributed by atoms with Crippen molar-refractivity contribution in [3.8, 4) is 11.3 Å². The average Bonchev–Trinajstić information content (AvgIpc) is 3.67. The van der Waals surface area contributed by atoms with Crippen LogP contribution >= 0.6 is 32.3 Å². The Balaban J connectivity index is 1.52. The van der Waals surface area contributed by atoms with Crippen LogP contribution in [0.3, 0.4) is 0 Å². The number of anilines is 2. The lowest BCUT2D eigenvalue weighted by Crippen LogP contribution is -2.35. The third kappa shape index (κ3) is 6.61. The third-order valence-electron chi connectivity index (χ3n) is 7.94. The average molecular weight is 582 g/mol. The Morgan fingerprint density at radius 1 is 1.18 bits per heavy atom. The Morgan fingerprint density at radius 3 is 2.58 bits per heavy atom. The quantitative estimate of drug-likeness (QED) is 0.205. The predicted octanol–water partition coefficient (Wildman–Crippen LogP) is 5.65. The molecule has 1 spiro atoms. The monoisotopic (exact) mass is 581 g/mol. The van der Waals surface area contributed by atoms with E-state index >= 15 is 4.39 Å². The number of carbonyl (C=O) groups is 1. The van der Waals surface area contributed by atoms with E-state index in [1.54, 1.807) is 12.3 Å². The summed E-state index contributed by atoms with van der Waals surface area (Å²) in [6.45, 7) is 0.653. The van der Waals surface area contributed by atoms with E-state index in [9.17, 15) is 4.79 Å². The highest BCUT2D eigenvalue weighted by molar-refractivity contribution is 8.01. The van der Waals surface area contributed by atoms with Gasteiger partial charge in [0.25, 0.3) is 0 Å². The first-order chi connectivity index (χ1) is 18.3. The highest BCUT2D eigenvalue weighted by atomic mass is 35.5. The molecule has 13 heteroatoms. The van der Waals surface area contributed by atoms with E-state index in [1.807, 2.05) is 4.31 Å². The van der Waals surface area contributed by atoms with Gasteiger partial charge in [-0.25, -0.2) is 19.2 Å². The molecule has 3 aliphatic rings. The number of hydrogen-bond donors (Lipinski definition) is 3. The predicted molar refractivity (Wildman–Crippen MR) is 152 cm³/mol. The van der Waals surface area contributed by atoms with E-state index in [0.717, 1.165) is 32.1 Å². The zero-order valence-electron chi connectivity index (χ0n) is 21.2. The Morgan fingerprint density at radius 2 is 1.92 bits per heavy atom. The van der Waals surface area contributed by atoms with E-state index in [1.165, 1.54) is 43.8 Å². The van der Waals surface area contributed by atoms with Gasteiger partial charge in [0.1, 0.15) is 11.4 Å². The lowest BCUT2D eigenvalue weighted by molar-refractivity contribution is 0.155. The van der Waals surface area contributed by atoms with Gasteiger partial charge in [-0.15, -0.1) is 0 Å². The minimum atomic E-state index is -1.38. The number of pyridine rings is 1. The SMILES string of the molecule is NOC(=O)NPc1nc(N)c(N(CC2CCC3(CC2)CC3)SC2(F)CCCCC2)c(-c2cncc(Cl)c2)n1. The number of nitrogens with one attached hydrogen (secondary N) is 1. The number of amides is 1. The van der Waals surface area contributed by atoms with Crippen LogP contribution in [0.15, 0.2) is 18.5 Å². The maximum absolute atomic E-state index is 16.2. The topological polar surface area (TPSA) is 132 Å². The molecular weight excluding hydrogens is 548 g/mol. The summed E-state index contributed by atoms with van der Waals surface area (Å²) in [4.78, 5) is 29.2. The summed E-state index contributed by atoms with van der Waals surface area (Å²) in [5.41, 5.74) is 9.15. The molecule has 3 saturated carbocycles. The van der Waals surface area contributed by atoms with Crippen LogP contribution in [0.2, 0.25) is 5.02 Å². The van der Waals surface area contributed by atoms with Gasteiger partial charge in [-0.3, -0.25) is 10.1 Å². The number of rotatable bonds is 8. The third-order valence-corrected chi connectivity index (χ3v) is 10.2. The van der Waals surface area contributed by atoms with Gasteiger partial charge in [-0.1, -0.05) is 18.0 Å². The second kappa shape index (κ2) is 11.7. The molecule has 206 valence electrons. The molecule has 2 aromatic heterocycles. The Hall–Kier alpha value is -1.94.